The van der Waals surface area contributed by atoms with E-state index in [4.69, 9.17) is 4.74 Å². The van der Waals surface area contributed by atoms with Gasteiger partial charge in [-0.1, -0.05) is 42.5 Å². The molecule has 134 valence electrons. The molecule has 1 aliphatic rings. The average Bonchev–Trinajstić information content (AvgIpc) is 2.70. The fourth-order valence-corrected chi connectivity index (χ4v) is 3.18. The lowest BCUT2D eigenvalue weighted by Crippen LogP contribution is -2.18. The van der Waals surface area contributed by atoms with Gasteiger partial charge in [0.2, 0.25) is 5.78 Å². The number of hydrogen-bond donors (Lipinski definition) is 0. The maximum absolute atomic E-state index is 12.3. The topological polar surface area (TPSA) is 60.4 Å². The molecule has 2 aromatic rings. The summed E-state index contributed by atoms with van der Waals surface area (Å²) in [6, 6.07) is 14.9. The summed E-state index contributed by atoms with van der Waals surface area (Å²) in [6.07, 6.45) is 4.31. The first-order valence-corrected chi connectivity index (χ1v) is 9.02. The van der Waals surface area contributed by atoms with Crippen LogP contribution in [0, 0.1) is 0 Å². The van der Waals surface area contributed by atoms with E-state index in [1.165, 1.54) is 17.5 Å². The smallest absolute Gasteiger partial charge is 0.374 e. The molecule has 0 spiro atoms. The largest absolute Gasteiger partial charge is 0.455 e. The van der Waals surface area contributed by atoms with Crippen LogP contribution in [0.25, 0.3) is 0 Å². The maximum Gasteiger partial charge on any atom is 0.374 e. The van der Waals surface area contributed by atoms with E-state index >= 15 is 0 Å². The van der Waals surface area contributed by atoms with Gasteiger partial charge in [0.15, 0.2) is 5.78 Å². The highest BCUT2D eigenvalue weighted by molar-refractivity contribution is 6.34. The Kier molecular flexibility index (Phi) is 5.95. The number of rotatable bonds is 7. The number of hydrogen-bond acceptors (Lipinski definition) is 4. The van der Waals surface area contributed by atoms with Crippen molar-refractivity contribution in [3.05, 3.63) is 70.8 Å². The Morgan fingerprint density at radius 3 is 2.35 bits per heavy atom. The molecule has 0 atom stereocenters. The fourth-order valence-electron chi connectivity index (χ4n) is 3.18. The zero-order valence-corrected chi connectivity index (χ0v) is 14.7. The van der Waals surface area contributed by atoms with Gasteiger partial charge in [0.05, 0.1) is 0 Å². The minimum absolute atomic E-state index is 0.0259. The minimum Gasteiger partial charge on any atom is -0.455 e. The lowest BCUT2D eigenvalue weighted by atomic mass is 9.89. The molecule has 0 saturated heterocycles. The van der Waals surface area contributed by atoms with E-state index in [1.54, 1.807) is 0 Å². The third kappa shape index (κ3) is 4.66. The van der Waals surface area contributed by atoms with Crippen LogP contribution in [0.2, 0.25) is 0 Å². The normalized spacial score (nSPS) is 12.9. The van der Waals surface area contributed by atoms with Crippen LogP contribution in [-0.2, 0) is 33.8 Å². The van der Waals surface area contributed by atoms with Crippen LogP contribution < -0.4 is 0 Å². The van der Waals surface area contributed by atoms with E-state index in [0.717, 1.165) is 24.8 Å². The van der Waals surface area contributed by atoms with Gasteiger partial charge in [-0.2, -0.15) is 0 Å². The number of carbonyl (C=O) groups excluding carboxylic acids is 3. The molecule has 0 bridgehead atoms. The van der Waals surface area contributed by atoms with Crippen LogP contribution in [-0.4, -0.2) is 17.5 Å². The van der Waals surface area contributed by atoms with Crippen molar-refractivity contribution in [2.45, 2.75) is 45.1 Å². The van der Waals surface area contributed by atoms with Crippen LogP contribution >= 0.6 is 0 Å². The first-order valence-electron chi connectivity index (χ1n) is 9.02. The molecule has 3 rings (SSSR count). The Balaban J connectivity index is 1.49. The Hall–Kier alpha value is -2.75. The molecule has 1 aliphatic carbocycles. The van der Waals surface area contributed by atoms with Crippen LogP contribution in [0.3, 0.4) is 0 Å². The number of esters is 1. The molecular formula is C22H22O4. The summed E-state index contributed by atoms with van der Waals surface area (Å²) in [5.41, 5.74) is 3.99. The molecular weight excluding hydrogens is 328 g/mol. The molecule has 0 fully saturated rings. The van der Waals surface area contributed by atoms with Gasteiger partial charge in [-0.25, -0.2) is 4.79 Å². The first kappa shape index (κ1) is 18.1. The fraction of sp³-hybridized carbons (Fsp3) is 0.318. The molecule has 0 amide bonds. The van der Waals surface area contributed by atoms with Crippen molar-refractivity contribution in [3.8, 4) is 0 Å². The molecule has 0 N–H and O–H groups in total. The van der Waals surface area contributed by atoms with Crippen LogP contribution in [0.4, 0.5) is 0 Å². The van der Waals surface area contributed by atoms with Crippen molar-refractivity contribution < 1.29 is 19.1 Å². The molecule has 0 unspecified atom stereocenters. The summed E-state index contributed by atoms with van der Waals surface area (Å²) in [4.78, 5) is 36.0. The quantitative estimate of drug-likeness (QED) is 0.432. The number of carbonyl (C=O) groups is 3. The predicted molar refractivity (Wildman–Crippen MR) is 97.9 cm³/mol. The summed E-state index contributed by atoms with van der Waals surface area (Å²) >= 11 is 0. The SMILES string of the molecule is O=C(CCC(=O)c1ccc2c(c1)CCCC2)C(=O)OCc1ccccc1. The summed E-state index contributed by atoms with van der Waals surface area (Å²) in [5, 5.41) is 0. The zero-order valence-electron chi connectivity index (χ0n) is 14.7. The minimum atomic E-state index is -0.882. The first-order chi connectivity index (χ1) is 12.6. The van der Waals surface area contributed by atoms with E-state index in [2.05, 4.69) is 0 Å². The summed E-state index contributed by atoms with van der Waals surface area (Å²) in [7, 11) is 0. The van der Waals surface area contributed by atoms with Gasteiger partial charge in [-0.15, -0.1) is 0 Å². The van der Waals surface area contributed by atoms with Crippen molar-refractivity contribution in [2.75, 3.05) is 0 Å². The lowest BCUT2D eigenvalue weighted by molar-refractivity contribution is -0.154. The van der Waals surface area contributed by atoms with E-state index in [-0.39, 0.29) is 25.2 Å². The van der Waals surface area contributed by atoms with E-state index in [9.17, 15) is 14.4 Å². The molecule has 0 saturated carbocycles. The number of benzene rings is 2. The van der Waals surface area contributed by atoms with Crippen molar-refractivity contribution in [1.82, 2.24) is 0 Å². The Morgan fingerprint density at radius 1 is 0.846 bits per heavy atom. The van der Waals surface area contributed by atoms with E-state index in [1.807, 2.05) is 48.5 Å². The van der Waals surface area contributed by atoms with Gasteiger partial charge in [0, 0.05) is 18.4 Å². The lowest BCUT2D eigenvalue weighted by Gasteiger charge is -2.16. The summed E-state index contributed by atoms with van der Waals surface area (Å²) in [5.74, 6) is -1.65. The summed E-state index contributed by atoms with van der Waals surface area (Å²) < 4.78 is 5.00. The van der Waals surface area contributed by atoms with Gasteiger partial charge >= 0.3 is 5.97 Å². The molecule has 2 aromatic carbocycles. The Morgan fingerprint density at radius 2 is 1.58 bits per heavy atom. The van der Waals surface area contributed by atoms with Gasteiger partial charge < -0.3 is 4.74 Å². The number of ether oxygens (including phenoxy) is 1. The third-order valence-electron chi connectivity index (χ3n) is 4.69. The van der Waals surface area contributed by atoms with Gasteiger partial charge in [0.25, 0.3) is 0 Å². The third-order valence-corrected chi connectivity index (χ3v) is 4.69. The van der Waals surface area contributed by atoms with Gasteiger partial charge in [-0.3, -0.25) is 9.59 Å². The second-order valence-corrected chi connectivity index (χ2v) is 6.60. The molecule has 0 aromatic heterocycles. The Bertz CT molecular complexity index is 808. The number of fused-ring (bicyclic) bond motifs is 1. The van der Waals surface area contributed by atoms with Crippen molar-refractivity contribution in [3.63, 3.8) is 0 Å². The second-order valence-electron chi connectivity index (χ2n) is 6.60. The number of aryl methyl sites for hydroxylation is 2. The van der Waals surface area contributed by atoms with Crippen molar-refractivity contribution in [2.24, 2.45) is 0 Å². The predicted octanol–water partition coefficient (Wildman–Crippen LogP) is 3.84. The van der Waals surface area contributed by atoms with Crippen LogP contribution in [0.15, 0.2) is 48.5 Å². The molecule has 0 radical (unpaired) electrons. The molecule has 26 heavy (non-hydrogen) atoms. The Labute approximate surface area is 153 Å². The van der Waals surface area contributed by atoms with Gasteiger partial charge in [0.1, 0.15) is 6.61 Å². The maximum atomic E-state index is 12.3. The molecule has 0 aliphatic heterocycles. The van der Waals surface area contributed by atoms with E-state index < -0.39 is 11.8 Å². The molecule has 0 heterocycles. The van der Waals surface area contributed by atoms with Crippen LogP contribution in [0.1, 0.15) is 52.7 Å². The zero-order chi connectivity index (χ0) is 18.4. The molecule has 4 nitrogen and oxygen atoms in total. The van der Waals surface area contributed by atoms with Crippen molar-refractivity contribution >= 4 is 17.5 Å². The van der Waals surface area contributed by atoms with E-state index in [0.29, 0.717) is 5.56 Å². The number of ketones is 2. The number of Topliss-reactive ketones (excluding diaryl/α,β-unsaturated/α-hetero) is 2. The van der Waals surface area contributed by atoms with Crippen molar-refractivity contribution in [1.29, 1.82) is 0 Å². The highest BCUT2D eigenvalue weighted by Crippen LogP contribution is 2.23. The molecule has 4 heteroatoms. The van der Waals surface area contributed by atoms with Gasteiger partial charge in [-0.05, 0) is 48.4 Å². The van der Waals surface area contributed by atoms with Crippen LogP contribution in [0.5, 0.6) is 0 Å². The average molecular weight is 350 g/mol. The standard InChI is InChI=1S/C22H22O4/c23-20(19-11-10-17-8-4-5-9-18(17)14-19)12-13-21(24)22(25)26-15-16-6-2-1-3-7-16/h1-3,6-7,10-11,14H,4-5,8-9,12-13,15H2. The highest BCUT2D eigenvalue weighted by atomic mass is 16.5. The summed E-state index contributed by atoms with van der Waals surface area (Å²) in [6.45, 7) is 0.0597. The highest BCUT2D eigenvalue weighted by Gasteiger charge is 2.18. The monoisotopic (exact) mass is 350 g/mol. The second kappa shape index (κ2) is 8.56.